The average Bonchev–Trinajstić information content (AvgIpc) is 3.24. The maximum Gasteiger partial charge on any atom is 0.135 e. The van der Waals surface area contributed by atoms with Gasteiger partial charge < -0.3 is 15.4 Å². The van der Waals surface area contributed by atoms with Crippen molar-refractivity contribution >= 4 is 17.3 Å². The zero-order chi connectivity index (χ0) is 13.1. The van der Waals surface area contributed by atoms with Crippen LogP contribution in [-0.4, -0.2) is 23.1 Å². The summed E-state index contributed by atoms with van der Waals surface area (Å²) in [6, 6.07) is 10.2. The average molecular weight is 256 g/mol. The van der Waals surface area contributed by atoms with Crippen molar-refractivity contribution in [2.45, 2.75) is 18.9 Å². The van der Waals surface area contributed by atoms with Gasteiger partial charge in [0.05, 0.1) is 7.11 Å². The van der Waals surface area contributed by atoms with Gasteiger partial charge in [0.1, 0.15) is 23.7 Å². The minimum atomic E-state index is 0.587. The third-order valence-electron chi connectivity index (χ3n) is 2.96. The molecule has 1 saturated carbocycles. The number of ether oxygens (including phenoxy) is 1. The van der Waals surface area contributed by atoms with Crippen LogP contribution in [0.1, 0.15) is 12.8 Å². The number of nitrogens with zero attached hydrogens (tertiary/aromatic N) is 2. The van der Waals surface area contributed by atoms with E-state index in [1.165, 1.54) is 12.8 Å². The van der Waals surface area contributed by atoms with E-state index >= 15 is 0 Å². The first-order chi connectivity index (χ1) is 9.33. The lowest BCUT2D eigenvalue weighted by atomic mass is 10.3. The molecule has 0 unspecified atom stereocenters. The fourth-order valence-corrected chi connectivity index (χ4v) is 1.76. The van der Waals surface area contributed by atoms with E-state index in [1.807, 2.05) is 30.3 Å². The predicted octanol–water partition coefficient (Wildman–Crippen LogP) is 2.80. The molecule has 0 amide bonds. The first-order valence-electron chi connectivity index (χ1n) is 6.33. The molecule has 2 N–H and O–H groups in total. The zero-order valence-corrected chi connectivity index (χ0v) is 10.8. The van der Waals surface area contributed by atoms with Gasteiger partial charge in [-0.3, -0.25) is 0 Å². The fourth-order valence-electron chi connectivity index (χ4n) is 1.76. The Balaban J connectivity index is 1.70. The topological polar surface area (TPSA) is 59.1 Å². The summed E-state index contributed by atoms with van der Waals surface area (Å²) in [5.41, 5.74) is 0.969. The number of aromatic nitrogens is 2. The van der Waals surface area contributed by atoms with E-state index in [0.29, 0.717) is 6.04 Å². The van der Waals surface area contributed by atoms with Gasteiger partial charge in [-0.1, -0.05) is 0 Å². The number of benzene rings is 1. The van der Waals surface area contributed by atoms with Gasteiger partial charge in [-0.25, -0.2) is 9.97 Å². The summed E-state index contributed by atoms with van der Waals surface area (Å²) in [7, 11) is 1.66. The number of hydrogen-bond acceptors (Lipinski definition) is 5. The van der Waals surface area contributed by atoms with E-state index in [1.54, 1.807) is 13.4 Å². The van der Waals surface area contributed by atoms with Crippen LogP contribution in [-0.2, 0) is 0 Å². The maximum atomic E-state index is 5.13. The van der Waals surface area contributed by atoms with Crippen LogP contribution < -0.4 is 15.4 Å². The van der Waals surface area contributed by atoms with E-state index in [4.69, 9.17) is 4.74 Å². The van der Waals surface area contributed by atoms with Crippen LogP contribution >= 0.6 is 0 Å². The van der Waals surface area contributed by atoms with Crippen LogP contribution in [0.4, 0.5) is 17.3 Å². The van der Waals surface area contributed by atoms with Crippen LogP contribution in [0.25, 0.3) is 0 Å². The van der Waals surface area contributed by atoms with E-state index in [2.05, 4.69) is 20.6 Å². The molecule has 0 radical (unpaired) electrons. The molecule has 1 aromatic carbocycles. The van der Waals surface area contributed by atoms with Gasteiger partial charge >= 0.3 is 0 Å². The highest BCUT2D eigenvalue weighted by molar-refractivity contribution is 5.59. The zero-order valence-electron chi connectivity index (χ0n) is 10.8. The molecule has 1 aromatic heterocycles. The molecule has 1 fully saturated rings. The molecule has 5 heteroatoms. The van der Waals surface area contributed by atoms with Crippen molar-refractivity contribution < 1.29 is 4.74 Å². The van der Waals surface area contributed by atoms with Gasteiger partial charge in [0, 0.05) is 17.8 Å². The molecule has 1 aliphatic rings. The smallest absolute Gasteiger partial charge is 0.135 e. The largest absolute Gasteiger partial charge is 0.497 e. The van der Waals surface area contributed by atoms with Crippen molar-refractivity contribution in [1.82, 2.24) is 9.97 Å². The van der Waals surface area contributed by atoms with Crippen LogP contribution in [0, 0.1) is 0 Å². The molecule has 1 heterocycles. The van der Waals surface area contributed by atoms with E-state index in [0.717, 1.165) is 23.1 Å². The second kappa shape index (κ2) is 5.14. The number of hydrogen-bond donors (Lipinski definition) is 2. The molecule has 1 aliphatic carbocycles. The van der Waals surface area contributed by atoms with E-state index in [-0.39, 0.29) is 0 Å². The first-order valence-corrected chi connectivity index (χ1v) is 6.33. The Morgan fingerprint density at radius 3 is 2.53 bits per heavy atom. The number of methoxy groups -OCH3 is 1. The van der Waals surface area contributed by atoms with Gasteiger partial charge in [0.2, 0.25) is 0 Å². The number of nitrogens with one attached hydrogen (secondary N) is 2. The molecule has 5 nitrogen and oxygen atoms in total. The Bertz CT molecular complexity index is 552. The molecule has 0 atom stereocenters. The quantitative estimate of drug-likeness (QED) is 0.861. The standard InChI is InChI=1S/C14H16N4O/c1-19-12-6-4-11(5-7-12)18-14-8-13(15-9-16-14)17-10-2-3-10/h4-10H,2-3H2,1H3,(H2,15,16,17,18). The summed E-state index contributed by atoms with van der Waals surface area (Å²) in [6.45, 7) is 0. The fraction of sp³-hybridized carbons (Fsp3) is 0.286. The lowest BCUT2D eigenvalue weighted by Gasteiger charge is -2.08. The maximum absolute atomic E-state index is 5.13. The third-order valence-corrected chi connectivity index (χ3v) is 2.96. The number of anilines is 3. The van der Waals surface area contributed by atoms with Crippen molar-refractivity contribution in [3.8, 4) is 5.75 Å². The Kier molecular flexibility index (Phi) is 3.18. The van der Waals surface area contributed by atoms with Gasteiger partial charge in [-0.15, -0.1) is 0 Å². The molecule has 0 aliphatic heterocycles. The normalized spacial score (nSPS) is 13.9. The highest BCUT2D eigenvalue weighted by Gasteiger charge is 2.21. The van der Waals surface area contributed by atoms with E-state index in [9.17, 15) is 0 Å². The first kappa shape index (κ1) is 11.8. The van der Waals surface area contributed by atoms with Crippen LogP contribution in [0.15, 0.2) is 36.7 Å². The molecule has 0 bridgehead atoms. The van der Waals surface area contributed by atoms with Crippen molar-refractivity contribution in [2.75, 3.05) is 17.7 Å². The minimum absolute atomic E-state index is 0.587. The predicted molar refractivity (Wildman–Crippen MR) is 75.0 cm³/mol. The molecular formula is C14H16N4O. The lowest BCUT2D eigenvalue weighted by Crippen LogP contribution is -2.04. The molecule has 98 valence electrons. The summed E-state index contributed by atoms with van der Waals surface area (Å²) in [5, 5.41) is 6.59. The summed E-state index contributed by atoms with van der Waals surface area (Å²) >= 11 is 0. The van der Waals surface area contributed by atoms with Crippen molar-refractivity contribution in [3.63, 3.8) is 0 Å². The highest BCUT2D eigenvalue weighted by atomic mass is 16.5. The Hall–Kier alpha value is -2.30. The van der Waals surface area contributed by atoms with Gasteiger partial charge in [0.25, 0.3) is 0 Å². The summed E-state index contributed by atoms with van der Waals surface area (Å²) in [6.07, 6.45) is 4.02. The van der Waals surface area contributed by atoms with Crippen molar-refractivity contribution in [2.24, 2.45) is 0 Å². The Labute approximate surface area is 112 Å². The second-order valence-electron chi connectivity index (χ2n) is 4.56. The minimum Gasteiger partial charge on any atom is -0.497 e. The van der Waals surface area contributed by atoms with E-state index < -0.39 is 0 Å². The third kappa shape index (κ3) is 3.13. The summed E-state index contributed by atoms with van der Waals surface area (Å²) in [5.74, 6) is 2.49. The summed E-state index contributed by atoms with van der Waals surface area (Å²) < 4.78 is 5.13. The van der Waals surface area contributed by atoms with Crippen molar-refractivity contribution in [3.05, 3.63) is 36.7 Å². The number of rotatable bonds is 5. The van der Waals surface area contributed by atoms with Crippen LogP contribution in [0.5, 0.6) is 5.75 Å². The second-order valence-corrected chi connectivity index (χ2v) is 4.56. The molecule has 2 aromatic rings. The van der Waals surface area contributed by atoms with Crippen LogP contribution in [0.2, 0.25) is 0 Å². The lowest BCUT2D eigenvalue weighted by molar-refractivity contribution is 0.415. The Morgan fingerprint density at radius 1 is 1.11 bits per heavy atom. The SMILES string of the molecule is COc1ccc(Nc2cc(NC3CC3)ncn2)cc1. The highest BCUT2D eigenvalue weighted by Crippen LogP contribution is 2.25. The Morgan fingerprint density at radius 2 is 1.84 bits per heavy atom. The van der Waals surface area contributed by atoms with Gasteiger partial charge in [-0.2, -0.15) is 0 Å². The van der Waals surface area contributed by atoms with Crippen LogP contribution in [0.3, 0.4) is 0 Å². The molecular weight excluding hydrogens is 240 g/mol. The molecule has 19 heavy (non-hydrogen) atoms. The van der Waals surface area contributed by atoms with Gasteiger partial charge in [-0.05, 0) is 37.1 Å². The molecule has 3 rings (SSSR count). The monoisotopic (exact) mass is 256 g/mol. The van der Waals surface area contributed by atoms with Crippen molar-refractivity contribution in [1.29, 1.82) is 0 Å². The summed E-state index contributed by atoms with van der Waals surface area (Å²) in [4.78, 5) is 8.42. The molecule has 0 spiro atoms. The van der Waals surface area contributed by atoms with Gasteiger partial charge in [0.15, 0.2) is 0 Å². The molecule has 0 saturated heterocycles.